The van der Waals surface area contributed by atoms with Crippen molar-refractivity contribution in [2.75, 3.05) is 18.0 Å². The van der Waals surface area contributed by atoms with Gasteiger partial charge in [0.05, 0.1) is 0 Å². The monoisotopic (exact) mass is 282 g/mol. The van der Waals surface area contributed by atoms with Crippen LogP contribution in [0.1, 0.15) is 24.8 Å². The van der Waals surface area contributed by atoms with Gasteiger partial charge < -0.3 is 10.0 Å². The predicted octanol–water partition coefficient (Wildman–Crippen LogP) is 3.22. The zero-order valence-corrected chi connectivity index (χ0v) is 11.8. The summed E-state index contributed by atoms with van der Waals surface area (Å²) in [6.45, 7) is 2.23. The molecule has 0 bridgehead atoms. The molecule has 1 aromatic carbocycles. The molecule has 0 atom stereocenters. The number of hydrogen-bond acceptors (Lipinski definition) is 3. The van der Waals surface area contributed by atoms with Crippen molar-refractivity contribution >= 4 is 17.7 Å². The molecule has 1 heterocycles. The number of benzene rings is 1. The highest BCUT2D eigenvalue weighted by atomic mass is 16.4. The molecule has 0 spiro atoms. The van der Waals surface area contributed by atoms with Crippen molar-refractivity contribution in [3.05, 3.63) is 47.6 Å². The second kappa shape index (κ2) is 7.30. The summed E-state index contributed by atoms with van der Waals surface area (Å²) in [4.78, 5) is 13.0. The summed E-state index contributed by atoms with van der Waals surface area (Å²) in [5, 5.41) is 17.4. The number of nitrogens with zero attached hydrogens (tertiary/aromatic N) is 2. The van der Waals surface area contributed by atoms with E-state index in [1.165, 1.54) is 31.0 Å². The van der Waals surface area contributed by atoms with E-state index in [2.05, 4.69) is 17.0 Å². The van der Waals surface area contributed by atoms with E-state index in [0.29, 0.717) is 0 Å². The fourth-order valence-corrected chi connectivity index (χ4v) is 2.36. The van der Waals surface area contributed by atoms with Crippen LogP contribution in [0.5, 0.6) is 0 Å². The number of anilines is 1. The summed E-state index contributed by atoms with van der Waals surface area (Å²) >= 11 is 0. The molecule has 4 nitrogen and oxygen atoms in total. The first-order chi connectivity index (χ1) is 10.2. The molecule has 1 saturated heterocycles. The van der Waals surface area contributed by atoms with Crippen molar-refractivity contribution in [2.24, 2.45) is 0 Å². The summed E-state index contributed by atoms with van der Waals surface area (Å²) in [6, 6.07) is 9.81. The smallest absolute Gasteiger partial charge is 0.346 e. The van der Waals surface area contributed by atoms with Crippen molar-refractivity contribution in [3.8, 4) is 6.07 Å². The highest BCUT2D eigenvalue weighted by Crippen LogP contribution is 2.20. The Labute approximate surface area is 124 Å². The molecule has 0 aromatic heterocycles. The van der Waals surface area contributed by atoms with Crippen LogP contribution in [0.3, 0.4) is 0 Å². The van der Waals surface area contributed by atoms with Crippen molar-refractivity contribution < 1.29 is 9.90 Å². The second-order valence-corrected chi connectivity index (χ2v) is 5.00. The quantitative estimate of drug-likeness (QED) is 0.523. The Bertz CT molecular complexity index is 588. The third-order valence-corrected chi connectivity index (χ3v) is 3.52. The van der Waals surface area contributed by atoms with Gasteiger partial charge in [0.1, 0.15) is 11.6 Å². The lowest BCUT2D eigenvalue weighted by Crippen LogP contribution is -2.29. The fraction of sp³-hybridized carbons (Fsp3) is 0.294. The van der Waals surface area contributed by atoms with Crippen LogP contribution in [0.2, 0.25) is 0 Å². The Hall–Kier alpha value is -2.54. The summed E-state index contributed by atoms with van der Waals surface area (Å²) in [5.74, 6) is -1.21. The van der Waals surface area contributed by atoms with Gasteiger partial charge in [0.25, 0.3) is 0 Å². The summed E-state index contributed by atoms with van der Waals surface area (Å²) in [5.41, 5.74) is 1.94. The Kier molecular flexibility index (Phi) is 5.16. The van der Waals surface area contributed by atoms with E-state index in [0.717, 1.165) is 18.7 Å². The average molecular weight is 282 g/mol. The zero-order valence-electron chi connectivity index (χ0n) is 11.8. The molecular weight excluding hydrogens is 264 g/mol. The highest BCUT2D eigenvalue weighted by molar-refractivity contribution is 5.91. The number of carboxylic acids is 1. The molecule has 1 aromatic rings. The maximum absolute atomic E-state index is 10.7. The Morgan fingerprint density at radius 1 is 1.19 bits per heavy atom. The SMILES string of the molecule is N#C/C(=C\C=C\c1ccc(N2CCCCC2)cc1)C(=O)O. The molecule has 0 radical (unpaired) electrons. The van der Waals surface area contributed by atoms with Crippen LogP contribution in [0.4, 0.5) is 5.69 Å². The van der Waals surface area contributed by atoms with Gasteiger partial charge in [-0.3, -0.25) is 0 Å². The minimum absolute atomic E-state index is 0.267. The summed E-state index contributed by atoms with van der Waals surface area (Å²) in [6.07, 6.45) is 8.50. The minimum Gasteiger partial charge on any atom is -0.477 e. The topological polar surface area (TPSA) is 64.3 Å². The van der Waals surface area contributed by atoms with Gasteiger partial charge in [-0.25, -0.2) is 4.79 Å². The Morgan fingerprint density at radius 3 is 2.43 bits per heavy atom. The molecule has 0 saturated carbocycles. The average Bonchev–Trinajstić information content (AvgIpc) is 2.53. The third kappa shape index (κ3) is 4.22. The lowest BCUT2D eigenvalue weighted by atomic mass is 10.1. The van der Waals surface area contributed by atoms with E-state index in [9.17, 15) is 4.79 Å². The van der Waals surface area contributed by atoms with Gasteiger partial charge >= 0.3 is 5.97 Å². The molecule has 1 N–H and O–H groups in total. The standard InChI is InChI=1S/C17H18N2O2/c18-13-15(17(20)21)6-4-5-14-7-9-16(10-8-14)19-11-2-1-3-12-19/h4-10H,1-3,11-12H2,(H,20,21)/b5-4+,15-6+. The van der Waals surface area contributed by atoms with Gasteiger partial charge in [0, 0.05) is 18.8 Å². The van der Waals surface area contributed by atoms with Crippen molar-refractivity contribution in [3.63, 3.8) is 0 Å². The predicted molar refractivity (Wildman–Crippen MR) is 82.9 cm³/mol. The number of carboxylic acid groups (broad SMARTS) is 1. The van der Waals surface area contributed by atoms with Crippen molar-refractivity contribution in [1.29, 1.82) is 5.26 Å². The highest BCUT2D eigenvalue weighted by Gasteiger charge is 2.10. The maximum atomic E-state index is 10.7. The molecule has 1 aliphatic heterocycles. The third-order valence-electron chi connectivity index (χ3n) is 3.52. The fourth-order valence-electron chi connectivity index (χ4n) is 2.36. The Morgan fingerprint density at radius 2 is 1.86 bits per heavy atom. The molecule has 108 valence electrons. The van der Waals surface area contributed by atoms with Gasteiger partial charge in [-0.15, -0.1) is 0 Å². The Balaban J connectivity index is 2.02. The molecule has 0 unspecified atom stereocenters. The van der Waals surface area contributed by atoms with Crippen LogP contribution in [0, 0.1) is 11.3 Å². The van der Waals surface area contributed by atoms with Crippen LogP contribution >= 0.6 is 0 Å². The molecule has 1 aliphatic rings. The van der Waals surface area contributed by atoms with Gasteiger partial charge in [-0.05, 0) is 43.0 Å². The molecule has 0 amide bonds. The van der Waals surface area contributed by atoms with E-state index >= 15 is 0 Å². The number of carbonyl (C=O) groups is 1. The lowest BCUT2D eigenvalue weighted by molar-refractivity contribution is -0.132. The molecular formula is C17H18N2O2. The van der Waals surface area contributed by atoms with E-state index < -0.39 is 5.97 Å². The first-order valence-electron chi connectivity index (χ1n) is 7.07. The summed E-state index contributed by atoms with van der Waals surface area (Å²) in [7, 11) is 0. The number of aliphatic carboxylic acids is 1. The van der Waals surface area contributed by atoms with E-state index in [4.69, 9.17) is 10.4 Å². The van der Waals surface area contributed by atoms with E-state index in [-0.39, 0.29) is 5.57 Å². The van der Waals surface area contributed by atoms with Crippen LogP contribution in [0.15, 0.2) is 42.0 Å². The van der Waals surface area contributed by atoms with Gasteiger partial charge in [0.2, 0.25) is 0 Å². The minimum atomic E-state index is -1.21. The number of piperidine rings is 1. The molecule has 4 heteroatoms. The number of allylic oxidation sites excluding steroid dienone is 2. The largest absolute Gasteiger partial charge is 0.477 e. The van der Waals surface area contributed by atoms with Crippen molar-refractivity contribution in [2.45, 2.75) is 19.3 Å². The lowest BCUT2D eigenvalue weighted by Gasteiger charge is -2.28. The van der Waals surface area contributed by atoms with Crippen LogP contribution in [-0.4, -0.2) is 24.2 Å². The normalized spacial score (nSPS) is 16.0. The molecule has 21 heavy (non-hydrogen) atoms. The molecule has 2 rings (SSSR count). The number of hydrogen-bond donors (Lipinski definition) is 1. The zero-order chi connectivity index (χ0) is 15.1. The first kappa shape index (κ1) is 14.9. The van der Waals surface area contributed by atoms with Crippen molar-refractivity contribution in [1.82, 2.24) is 0 Å². The summed E-state index contributed by atoms with van der Waals surface area (Å²) < 4.78 is 0. The van der Waals surface area contributed by atoms with Crippen LogP contribution in [0.25, 0.3) is 6.08 Å². The van der Waals surface area contributed by atoms with Gasteiger partial charge in [-0.2, -0.15) is 5.26 Å². The van der Waals surface area contributed by atoms with Gasteiger partial charge in [0.15, 0.2) is 0 Å². The van der Waals surface area contributed by atoms with Crippen LogP contribution < -0.4 is 4.90 Å². The van der Waals surface area contributed by atoms with E-state index in [1.807, 2.05) is 12.1 Å². The number of nitriles is 1. The maximum Gasteiger partial charge on any atom is 0.346 e. The van der Waals surface area contributed by atoms with E-state index in [1.54, 1.807) is 18.2 Å². The molecule has 0 aliphatic carbocycles. The second-order valence-electron chi connectivity index (χ2n) is 5.00. The number of rotatable bonds is 4. The van der Waals surface area contributed by atoms with Crippen LogP contribution in [-0.2, 0) is 4.79 Å². The first-order valence-corrected chi connectivity index (χ1v) is 7.07. The molecule has 1 fully saturated rings. The van der Waals surface area contributed by atoms with Gasteiger partial charge in [-0.1, -0.05) is 24.3 Å².